The number of hydrogen-bond donors (Lipinski definition) is 1. The van der Waals surface area contributed by atoms with Crippen LogP contribution in [0.15, 0.2) is 6.20 Å². The molecule has 4 atom stereocenters. The summed E-state index contributed by atoms with van der Waals surface area (Å²) in [6, 6.07) is -0.298. The minimum Gasteiger partial charge on any atom is -0.465 e. The van der Waals surface area contributed by atoms with E-state index < -0.39 is 29.2 Å². The molecular formula is C24H29ClF2N6O4. The van der Waals surface area contributed by atoms with Gasteiger partial charge in [0.1, 0.15) is 24.1 Å². The number of anilines is 1. The second-order valence-corrected chi connectivity index (χ2v) is 11.1. The second-order valence-electron chi connectivity index (χ2n) is 10.7. The smallest absolute Gasteiger partial charge is 0.408 e. The number of carboxylic acid groups (broad SMARTS) is 1. The normalized spacial score (nSPS) is 31.4. The largest absolute Gasteiger partial charge is 0.465 e. The molecule has 4 fully saturated rings. The van der Waals surface area contributed by atoms with Gasteiger partial charge in [-0.15, -0.1) is 0 Å². The predicted octanol–water partition coefficient (Wildman–Crippen LogP) is 3.12. The third kappa shape index (κ3) is 3.95. The molecule has 200 valence electrons. The van der Waals surface area contributed by atoms with E-state index >= 15 is 4.39 Å². The molecule has 0 spiro atoms. The van der Waals surface area contributed by atoms with Crippen LogP contribution in [0.5, 0.6) is 6.01 Å². The molecule has 0 unspecified atom stereocenters. The van der Waals surface area contributed by atoms with Crippen molar-refractivity contribution in [3.8, 4) is 6.01 Å². The average molecular weight is 539 g/mol. The van der Waals surface area contributed by atoms with Gasteiger partial charge < -0.3 is 19.5 Å². The molecule has 0 aliphatic carbocycles. The van der Waals surface area contributed by atoms with E-state index in [0.29, 0.717) is 50.1 Å². The molecule has 2 bridgehead atoms. The zero-order chi connectivity index (χ0) is 25.9. The molecule has 1 N–H and O–H groups in total. The highest BCUT2D eigenvalue weighted by molar-refractivity contribution is 6.30. The van der Waals surface area contributed by atoms with Crippen LogP contribution in [-0.4, -0.2) is 106 Å². The van der Waals surface area contributed by atoms with Crippen LogP contribution >= 0.6 is 11.6 Å². The predicted molar refractivity (Wildman–Crippen MR) is 131 cm³/mol. The maximum atomic E-state index is 15.1. The second kappa shape index (κ2) is 9.02. The first-order valence-corrected chi connectivity index (χ1v) is 12.9. The zero-order valence-corrected chi connectivity index (χ0v) is 21.3. The van der Waals surface area contributed by atoms with Gasteiger partial charge in [0.2, 0.25) is 0 Å². The fourth-order valence-corrected chi connectivity index (χ4v) is 7.14. The summed E-state index contributed by atoms with van der Waals surface area (Å²) in [5, 5.41) is 9.96. The number of alkyl halides is 1. The first-order valence-electron chi connectivity index (χ1n) is 12.6. The number of rotatable bonds is 6. The molecular weight excluding hydrogens is 510 g/mol. The van der Waals surface area contributed by atoms with Gasteiger partial charge >= 0.3 is 12.1 Å². The van der Waals surface area contributed by atoms with E-state index in [1.54, 1.807) is 7.11 Å². The molecule has 13 heteroatoms. The molecule has 6 rings (SSSR count). The van der Waals surface area contributed by atoms with Gasteiger partial charge in [0.05, 0.1) is 29.1 Å². The maximum absolute atomic E-state index is 15.1. The number of halogens is 3. The highest BCUT2D eigenvalue weighted by atomic mass is 35.5. The van der Waals surface area contributed by atoms with E-state index in [-0.39, 0.29) is 35.9 Å². The fraction of sp³-hybridized carbons (Fsp3) is 0.667. The summed E-state index contributed by atoms with van der Waals surface area (Å²) in [6.07, 6.45) is 3.02. The average Bonchev–Trinajstić information content (AvgIpc) is 3.46. The summed E-state index contributed by atoms with van der Waals surface area (Å²) >= 11 is 5.98. The number of aromatic nitrogens is 3. The van der Waals surface area contributed by atoms with E-state index in [1.165, 1.54) is 11.1 Å². The third-order valence-electron chi connectivity index (χ3n) is 8.49. The molecule has 37 heavy (non-hydrogen) atoms. The molecule has 6 heterocycles. The van der Waals surface area contributed by atoms with Crippen molar-refractivity contribution >= 4 is 34.4 Å². The number of fused-ring (bicyclic) bond motifs is 4. The Morgan fingerprint density at radius 2 is 2.11 bits per heavy atom. The van der Waals surface area contributed by atoms with E-state index in [0.717, 1.165) is 19.4 Å². The topological polar surface area (TPSA) is 104 Å². The summed E-state index contributed by atoms with van der Waals surface area (Å²) in [4.78, 5) is 30.6. The molecule has 4 saturated heterocycles. The lowest BCUT2D eigenvalue weighted by Crippen LogP contribution is -2.65. The lowest BCUT2D eigenvalue weighted by atomic mass is 9.95. The van der Waals surface area contributed by atoms with Crippen molar-refractivity contribution in [3.05, 3.63) is 17.2 Å². The molecule has 1 amide bonds. The molecule has 0 aromatic carbocycles. The Bertz CT molecular complexity index is 1240. The Kier molecular flexibility index (Phi) is 6.03. The highest BCUT2D eigenvalue weighted by Gasteiger charge is 2.54. The van der Waals surface area contributed by atoms with Gasteiger partial charge in [-0.2, -0.15) is 9.97 Å². The Morgan fingerprint density at radius 3 is 2.89 bits per heavy atom. The molecule has 4 aliphatic rings. The van der Waals surface area contributed by atoms with Crippen molar-refractivity contribution in [2.24, 2.45) is 0 Å². The molecule has 10 nitrogen and oxygen atoms in total. The van der Waals surface area contributed by atoms with Crippen molar-refractivity contribution in [2.45, 2.75) is 55.4 Å². The van der Waals surface area contributed by atoms with Crippen LogP contribution in [0.25, 0.3) is 10.9 Å². The van der Waals surface area contributed by atoms with Gasteiger partial charge in [0.15, 0.2) is 11.0 Å². The van der Waals surface area contributed by atoms with Crippen molar-refractivity contribution in [1.29, 1.82) is 0 Å². The molecule has 2 aromatic rings. The van der Waals surface area contributed by atoms with Crippen molar-refractivity contribution in [1.82, 2.24) is 24.8 Å². The van der Waals surface area contributed by atoms with Gasteiger partial charge in [0, 0.05) is 39.4 Å². The quantitative estimate of drug-likeness (QED) is 0.555. The highest BCUT2D eigenvalue weighted by Crippen LogP contribution is 2.43. The SMILES string of the molecule is COC[C@@]12CC[C@@H](CN(c3nc(OC[C@@]45CCCN4C[C@H](F)C5)nc4c(F)c(Cl)ncc34)C1)N2C(=O)O. The van der Waals surface area contributed by atoms with Crippen LogP contribution in [0, 0.1) is 5.82 Å². The summed E-state index contributed by atoms with van der Waals surface area (Å²) < 4.78 is 40.9. The summed E-state index contributed by atoms with van der Waals surface area (Å²) in [7, 11) is 1.55. The van der Waals surface area contributed by atoms with Crippen LogP contribution in [0.1, 0.15) is 32.1 Å². The lowest BCUT2D eigenvalue weighted by Gasteiger charge is -2.47. The standard InChI is InChI=1S/C24H29ClF2N6O4/c1-36-12-24-5-3-15(33(24)22(34)35)10-31(11-24)20-16-8-28-19(25)17(27)18(16)29-21(30-20)37-13-23-4-2-6-32(23)9-14(26)7-23/h8,14-15H,2-7,9-13H2,1H3,(H,34,35)/t14-,15+,23+,24-/m1/s1. The van der Waals surface area contributed by atoms with Gasteiger partial charge in [0.25, 0.3) is 0 Å². The number of amides is 1. The lowest BCUT2D eigenvalue weighted by molar-refractivity contribution is 0.0178. The number of ether oxygens (including phenoxy) is 2. The van der Waals surface area contributed by atoms with Crippen LogP contribution in [0.4, 0.5) is 19.4 Å². The van der Waals surface area contributed by atoms with Crippen LogP contribution in [-0.2, 0) is 4.74 Å². The first-order chi connectivity index (χ1) is 17.7. The van der Waals surface area contributed by atoms with Gasteiger partial charge in [-0.1, -0.05) is 11.6 Å². The number of carbonyl (C=O) groups is 1. The van der Waals surface area contributed by atoms with E-state index in [1.807, 2.05) is 4.90 Å². The number of pyridine rings is 1. The zero-order valence-electron chi connectivity index (χ0n) is 20.5. The number of nitrogens with zero attached hydrogens (tertiary/aromatic N) is 6. The maximum Gasteiger partial charge on any atom is 0.408 e. The monoisotopic (exact) mass is 538 g/mol. The summed E-state index contributed by atoms with van der Waals surface area (Å²) in [5.41, 5.74) is -1.20. The Labute approximate surface area is 217 Å². The Balaban J connectivity index is 1.37. The first kappa shape index (κ1) is 24.7. The fourth-order valence-electron chi connectivity index (χ4n) is 7.00. The minimum absolute atomic E-state index is 0.0237. The molecule has 0 radical (unpaired) electrons. The van der Waals surface area contributed by atoms with Crippen LogP contribution < -0.4 is 9.64 Å². The van der Waals surface area contributed by atoms with Crippen molar-refractivity contribution in [3.63, 3.8) is 0 Å². The third-order valence-corrected chi connectivity index (χ3v) is 8.75. The number of piperazine rings is 1. The minimum atomic E-state index is -0.988. The number of hydrogen-bond acceptors (Lipinski definition) is 8. The summed E-state index contributed by atoms with van der Waals surface area (Å²) in [5.74, 6) is -0.382. The van der Waals surface area contributed by atoms with E-state index in [2.05, 4.69) is 19.9 Å². The molecule has 2 aromatic heterocycles. The Morgan fingerprint density at radius 1 is 1.27 bits per heavy atom. The number of methoxy groups -OCH3 is 1. The van der Waals surface area contributed by atoms with Gasteiger partial charge in [-0.25, -0.2) is 18.6 Å². The Hall–Kier alpha value is -2.57. The van der Waals surface area contributed by atoms with E-state index in [4.69, 9.17) is 21.1 Å². The summed E-state index contributed by atoms with van der Waals surface area (Å²) in [6.45, 7) is 2.30. The molecule has 0 saturated carbocycles. The van der Waals surface area contributed by atoms with Crippen molar-refractivity contribution < 1.29 is 28.2 Å². The van der Waals surface area contributed by atoms with Crippen LogP contribution in [0.3, 0.4) is 0 Å². The van der Waals surface area contributed by atoms with Gasteiger partial charge in [-0.3, -0.25) is 9.80 Å². The molecule has 4 aliphatic heterocycles. The van der Waals surface area contributed by atoms with Crippen molar-refractivity contribution in [2.75, 3.05) is 51.4 Å². The van der Waals surface area contributed by atoms with Crippen LogP contribution in [0.2, 0.25) is 5.15 Å². The van der Waals surface area contributed by atoms with Gasteiger partial charge in [-0.05, 0) is 32.2 Å². The van der Waals surface area contributed by atoms with E-state index in [9.17, 15) is 14.3 Å².